The first-order valence-electron chi connectivity index (χ1n) is 10.5. The molecule has 4 aromatic carbocycles. The van der Waals surface area contributed by atoms with Crippen LogP contribution in [0.5, 0.6) is 0 Å². The number of nitrogens with one attached hydrogen (secondary N) is 1. The lowest BCUT2D eigenvalue weighted by Crippen LogP contribution is -2.14. The first kappa shape index (κ1) is 19.7. The lowest BCUT2D eigenvalue weighted by molar-refractivity contribution is 0.101. The SMILES string of the molecule is Cc1ccc(-c2nc(C(=O)Nc3cccc4ccccc34)nn2-c2ccc(C)cc2)cc1. The van der Waals surface area contributed by atoms with Crippen molar-refractivity contribution in [2.45, 2.75) is 13.8 Å². The summed E-state index contributed by atoms with van der Waals surface area (Å²) < 4.78 is 1.72. The topological polar surface area (TPSA) is 59.8 Å². The number of fused-ring (bicyclic) bond motifs is 1. The van der Waals surface area contributed by atoms with Crippen molar-refractivity contribution >= 4 is 22.4 Å². The van der Waals surface area contributed by atoms with Crippen molar-refractivity contribution in [1.29, 1.82) is 0 Å². The van der Waals surface area contributed by atoms with E-state index in [1.165, 1.54) is 0 Å². The Morgan fingerprint density at radius 1 is 0.781 bits per heavy atom. The summed E-state index contributed by atoms with van der Waals surface area (Å²) in [4.78, 5) is 17.8. The van der Waals surface area contributed by atoms with Crippen LogP contribution in [0.1, 0.15) is 21.7 Å². The van der Waals surface area contributed by atoms with E-state index in [1.807, 2.05) is 105 Å². The van der Waals surface area contributed by atoms with Gasteiger partial charge in [0.1, 0.15) is 0 Å². The number of rotatable bonds is 4. The van der Waals surface area contributed by atoms with Crippen molar-refractivity contribution in [2.24, 2.45) is 0 Å². The number of nitrogens with zero attached hydrogens (tertiary/aromatic N) is 3. The molecule has 5 aromatic rings. The summed E-state index contributed by atoms with van der Waals surface area (Å²) in [5.41, 5.74) is 4.79. The molecule has 0 saturated heterocycles. The van der Waals surface area contributed by atoms with Crippen LogP contribution in [0.25, 0.3) is 27.8 Å². The standard InChI is InChI=1S/C27H22N4O/c1-18-10-14-21(15-11-18)26-29-25(30-31(26)22-16-12-19(2)13-17-22)27(32)28-24-9-5-7-20-6-3-4-8-23(20)24/h3-17H,1-2H3,(H,28,32). The lowest BCUT2D eigenvalue weighted by atomic mass is 10.1. The van der Waals surface area contributed by atoms with Crippen LogP contribution in [0.2, 0.25) is 0 Å². The molecule has 1 heterocycles. The highest BCUT2D eigenvalue weighted by molar-refractivity contribution is 6.07. The third-order valence-corrected chi connectivity index (χ3v) is 5.44. The third-order valence-electron chi connectivity index (χ3n) is 5.44. The molecule has 1 amide bonds. The highest BCUT2D eigenvalue weighted by Crippen LogP contribution is 2.25. The van der Waals surface area contributed by atoms with Crippen LogP contribution in [-0.4, -0.2) is 20.7 Å². The van der Waals surface area contributed by atoms with E-state index in [1.54, 1.807) is 4.68 Å². The van der Waals surface area contributed by atoms with E-state index in [9.17, 15) is 4.79 Å². The largest absolute Gasteiger partial charge is 0.319 e. The Morgan fingerprint density at radius 3 is 2.19 bits per heavy atom. The summed E-state index contributed by atoms with van der Waals surface area (Å²) in [6, 6.07) is 29.8. The molecular weight excluding hydrogens is 396 g/mol. The molecule has 0 bridgehead atoms. The van der Waals surface area contributed by atoms with E-state index in [2.05, 4.69) is 15.4 Å². The van der Waals surface area contributed by atoms with E-state index in [0.29, 0.717) is 5.82 Å². The molecule has 0 unspecified atom stereocenters. The Labute approximate surface area is 186 Å². The summed E-state index contributed by atoms with van der Waals surface area (Å²) in [6.07, 6.45) is 0. The van der Waals surface area contributed by atoms with Crippen LogP contribution >= 0.6 is 0 Å². The van der Waals surface area contributed by atoms with Gasteiger partial charge in [0, 0.05) is 16.6 Å². The summed E-state index contributed by atoms with van der Waals surface area (Å²) in [5, 5.41) is 9.60. The Morgan fingerprint density at radius 2 is 1.44 bits per heavy atom. The molecule has 5 heteroatoms. The average Bonchev–Trinajstić information content (AvgIpc) is 3.26. The Bertz CT molecular complexity index is 1350. The highest BCUT2D eigenvalue weighted by atomic mass is 16.2. The maximum Gasteiger partial charge on any atom is 0.295 e. The van der Waals surface area contributed by atoms with Crippen LogP contribution in [0.15, 0.2) is 91.0 Å². The molecule has 5 rings (SSSR count). The second kappa shape index (κ2) is 8.12. The molecule has 0 aliphatic heterocycles. The van der Waals surface area contributed by atoms with Gasteiger partial charge in [-0.2, -0.15) is 0 Å². The number of carbonyl (C=O) groups excluding carboxylic acids is 1. The smallest absolute Gasteiger partial charge is 0.295 e. The average molecular weight is 419 g/mol. The fourth-order valence-corrected chi connectivity index (χ4v) is 3.68. The van der Waals surface area contributed by atoms with Gasteiger partial charge in [0.15, 0.2) is 5.82 Å². The van der Waals surface area contributed by atoms with Gasteiger partial charge < -0.3 is 5.32 Å². The molecule has 0 aliphatic rings. The van der Waals surface area contributed by atoms with Crippen LogP contribution in [0.4, 0.5) is 5.69 Å². The van der Waals surface area contributed by atoms with Gasteiger partial charge in [-0.05, 0) is 37.4 Å². The number of amides is 1. The molecular formula is C27H22N4O. The molecule has 156 valence electrons. The molecule has 0 saturated carbocycles. The number of aromatic nitrogens is 3. The quantitative estimate of drug-likeness (QED) is 0.392. The van der Waals surface area contributed by atoms with Gasteiger partial charge in [-0.1, -0.05) is 83.9 Å². The first-order chi connectivity index (χ1) is 15.6. The first-order valence-corrected chi connectivity index (χ1v) is 10.5. The minimum atomic E-state index is -0.347. The number of anilines is 1. The summed E-state index contributed by atoms with van der Waals surface area (Å²) in [6.45, 7) is 4.08. The van der Waals surface area contributed by atoms with E-state index >= 15 is 0 Å². The summed E-state index contributed by atoms with van der Waals surface area (Å²) >= 11 is 0. The number of hydrogen-bond donors (Lipinski definition) is 1. The van der Waals surface area contributed by atoms with Gasteiger partial charge in [-0.15, -0.1) is 5.10 Å². The minimum Gasteiger partial charge on any atom is -0.319 e. The van der Waals surface area contributed by atoms with E-state index in [4.69, 9.17) is 0 Å². The second-order valence-corrected chi connectivity index (χ2v) is 7.85. The molecule has 5 nitrogen and oxygen atoms in total. The van der Waals surface area contributed by atoms with E-state index < -0.39 is 0 Å². The summed E-state index contributed by atoms with van der Waals surface area (Å²) in [5.74, 6) is 0.395. The van der Waals surface area contributed by atoms with Crippen molar-refractivity contribution in [3.8, 4) is 17.1 Å². The van der Waals surface area contributed by atoms with Gasteiger partial charge in [0.05, 0.1) is 5.69 Å². The molecule has 1 N–H and O–H groups in total. The third kappa shape index (κ3) is 3.76. The zero-order valence-electron chi connectivity index (χ0n) is 17.9. The maximum atomic E-state index is 13.1. The number of benzene rings is 4. The molecule has 0 radical (unpaired) electrons. The molecule has 0 fully saturated rings. The maximum absolute atomic E-state index is 13.1. The monoisotopic (exact) mass is 418 g/mol. The minimum absolute atomic E-state index is 0.120. The van der Waals surface area contributed by atoms with Crippen molar-refractivity contribution < 1.29 is 4.79 Å². The fraction of sp³-hybridized carbons (Fsp3) is 0.0741. The van der Waals surface area contributed by atoms with Gasteiger partial charge in [0.25, 0.3) is 5.91 Å². The van der Waals surface area contributed by atoms with E-state index in [-0.39, 0.29) is 11.7 Å². The van der Waals surface area contributed by atoms with Crippen LogP contribution in [-0.2, 0) is 0 Å². The predicted molar refractivity (Wildman–Crippen MR) is 128 cm³/mol. The number of hydrogen-bond acceptors (Lipinski definition) is 3. The normalized spacial score (nSPS) is 10.9. The molecule has 0 atom stereocenters. The van der Waals surface area contributed by atoms with Crippen molar-refractivity contribution in [1.82, 2.24) is 14.8 Å². The zero-order chi connectivity index (χ0) is 22.1. The second-order valence-electron chi connectivity index (χ2n) is 7.85. The number of carbonyl (C=O) groups is 1. The lowest BCUT2D eigenvalue weighted by Gasteiger charge is -2.07. The van der Waals surface area contributed by atoms with Gasteiger partial charge in [-0.25, -0.2) is 9.67 Å². The Hall–Kier alpha value is -4.25. The van der Waals surface area contributed by atoms with Crippen LogP contribution in [0.3, 0.4) is 0 Å². The molecule has 0 aliphatic carbocycles. The molecule has 1 aromatic heterocycles. The Balaban J connectivity index is 1.56. The molecule has 32 heavy (non-hydrogen) atoms. The van der Waals surface area contributed by atoms with E-state index in [0.717, 1.165) is 38.8 Å². The fourth-order valence-electron chi connectivity index (χ4n) is 3.68. The Kier molecular flexibility index (Phi) is 5.00. The zero-order valence-corrected chi connectivity index (χ0v) is 17.9. The van der Waals surface area contributed by atoms with Gasteiger partial charge in [-0.3, -0.25) is 4.79 Å². The highest BCUT2D eigenvalue weighted by Gasteiger charge is 2.19. The van der Waals surface area contributed by atoms with Gasteiger partial charge in [0.2, 0.25) is 5.82 Å². The molecule has 0 spiro atoms. The van der Waals surface area contributed by atoms with Crippen molar-refractivity contribution in [3.05, 3.63) is 108 Å². The van der Waals surface area contributed by atoms with Crippen LogP contribution in [0, 0.1) is 13.8 Å². The van der Waals surface area contributed by atoms with Crippen LogP contribution < -0.4 is 5.32 Å². The number of aryl methyl sites for hydroxylation is 2. The van der Waals surface area contributed by atoms with Gasteiger partial charge >= 0.3 is 0 Å². The van der Waals surface area contributed by atoms with Crippen molar-refractivity contribution in [2.75, 3.05) is 5.32 Å². The predicted octanol–water partition coefficient (Wildman–Crippen LogP) is 5.96. The summed E-state index contributed by atoms with van der Waals surface area (Å²) in [7, 11) is 0. The van der Waals surface area contributed by atoms with Crippen molar-refractivity contribution in [3.63, 3.8) is 0 Å².